The molecular weight excluding hydrogens is 482 g/mol. The van der Waals surface area contributed by atoms with E-state index >= 15 is 0 Å². The van der Waals surface area contributed by atoms with Gasteiger partial charge in [0, 0.05) is 22.9 Å². The van der Waals surface area contributed by atoms with Gasteiger partial charge in [-0.05, 0) is 42.9 Å². The first-order valence-electron chi connectivity index (χ1n) is 12.9. The molecule has 1 aliphatic heterocycles. The molecule has 3 rings (SSSR count). The highest BCUT2D eigenvalue weighted by Crippen LogP contribution is 2.28. The second-order valence-corrected chi connectivity index (χ2v) is 11.1. The molecule has 1 aliphatic carbocycles. The lowest BCUT2D eigenvalue weighted by atomic mass is 9.84. The van der Waals surface area contributed by atoms with Crippen molar-refractivity contribution in [1.82, 2.24) is 16.0 Å². The van der Waals surface area contributed by atoms with Gasteiger partial charge in [-0.25, -0.2) is 4.79 Å². The predicted molar refractivity (Wildman–Crippen MR) is 138 cm³/mol. The third-order valence-electron chi connectivity index (χ3n) is 7.27. The summed E-state index contributed by atoms with van der Waals surface area (Å²) in [5.74, 6) is -0.516. The second kappa shape index (κ2) is 13.1. The Kier molecular flexibility index (Phi) is 10.2. The van der Waals surface area contributed by atoms with E-state index in [4.69, 9.17) is 16.3 Å². The van der Waals surface area contributed by atoms with E-state index in [1.165, 1.54) is 6.42 Å². The van der Waals surface area contributed by atoms with E-state index in [9.17, 15) is 19.2 Å². The molecule has 3 amide bonds. The van der Waals surface area contributed by atoms with E-state index in [1.54, 1.807) is 6.07 Å². The zero-order valence-electron chi connectivity index (χ0n) is 21.2. The maximum Gasteiger partial charge on any atom is 0.407 e. The van der Waals surface area contributed by atoms with Crippen molar-refractivity contribution in [3.63, 3.8) is 0 Å². The van der Waals surface area contributed by atoms with Gasteiger partial charge in [0.05, 0.1) is 6.04 Å². The van der Waals surface area contributed by atoms with Crippen LogP contribution in [0.5, 0.6) is 0 Å². The van der Waals surface area contributed by atoms with Crippen LogP contribution in [0.15, 0.2) is 24.3 Å². The Morgan fingerprint density at radius 1 is 1.17 bits per heavy atom. The molecule has 8 nitrogen and oxygen atoms in total. The summed E-state index contributed by atoms with van der Waals surface area (Å²) < 4.78 is 5.53. The van der Waals surface area contributed by atoms with Crippen LogP contribution in [0.2, 0.25) is 5.02 Å². The molecule has 1 aromatic carbocycles. The first kappa shape index (κ1) is 28.0. The third-order valence-corrected chi connectivity index (χ3v) is 7.50. The standard InChI is InChI=1S/C27H38ClN3O5/c1-27(2,20-9-6-10-21(28)15-20)17-36-26(35)31-23(13-18-7-4-3-5-8-18)25(34)30-22(16-32)14-19-11-12-29-24(19)33/h6,9-10,15-16,18-19,22-23H,3-5,7-8,11-14,17H2,1-2H3,(H,29,33)(H,30,34)(H,31,35)/t19-,22-,23-/m0/s1. The Morgan fingerprint density at radius 3 is 2.56 bits per heavy atom. The second-order valence-electron chi connectivity index (χ2n) is 10.7. The Labute approximate surface area is 218 Å². The minimum atomic E-state index is -0.824. The van der Waals surface area contributed by atoms with Crippen molar-refractivity contribution in [3.05, 3.63) is 34.9 Å². The van der Waals surface area contributed by atoms with E-state index in [2.05, 4.69) is 16.0 Å². The van der Waals surface area contributed by atoms with Gasteiger partial charge in [0.1, 0.15) is 18.9 Å². The monoisotopic (exact) mass is 519 g/mol. The summed E-state index contributed by atoms with van der Waals surface area (Å²) in [6, 6.07) is 5.79. The minimum absolute atomic E-state index is 0.0983. The molecule has 0 unspecified atom stereocenters. The molecule has 1 heterocycles. The van der Waals surface area contributed by atoms with Gasteiger partial charge in [0.25, 0.3) is 0 Å². The number of halogens is 1. The van der Waals surface area contributed by atoms with Crippen LogP contribution in [-0.4, -0.2) is 49.4 Å². The lowest BCUT2D eigenvalue weighted by Crippen LogP contribution is -2.51. The van der Waals surface area contributed by atoms with Crippen LogP contribution in [0.4, 0.5) is 4.79 Å². The number of carbonyl (C=O) groups excluding carboxylic acids is 4. The highest BCUT2D eigenvalue weighted by Gasteiger charge is 2.32. The number of alkyl carbamates (subject to hydrolysis) is 1. The van der Waals surface area contributed by atoms with Gasteiger partial charge in [-0.2, -0.15) is 0 Å². The van der Waals surface area contributed by atoms with Crippen molar-refractivity contribution >= 4 is 35.8 Å². The molecule has 198 valence electrons. The molecule has 0 radical (unpaired) electrons. The normalized spacial score (nSPS) is 20.2. The van der Waals surface area contributed by atoms with Crippen LogP contribution in [-0.2, 0) is 24.5 Å². The first-order valence-corrected chi connectivity index (χ1v) is 13.3. The zero-order valence-corrected chi connectivity index (χ0v) is 21.9. The third kappa shape index (κ3) is 8.22. The molecule has 0 spiro atoms. The molecule has 1 saturated heterocycles. The molecule has 2 fully saturated rings. The van der Waals surface area contributed by atoms with Crippen LogP contribution in [0, 0.1) is 11.8 Å². The van der Waals surface area contributed by atoms with Crippen molar-refractivity contribution in [2.45, 2.75) is 82.7 Å². The van der Waals surface area contributed by atoms with Gasteiger partial charge in [0.15, 0.2) is 0 Å². The minimum Gasteiger partial charge on any atom is -0.449 e. The molecule has 0 bridgehead atoms. The zero-order chi connectivity index (χ0) is 26.1. The van der Waals surface area contributed by atoms with Crippen LogP contribution in [0.1, 0.15) is 70.8 Å². The fourth-order valence-electron chi connectivity index (χ4n) is 5.02. The van der Waals surface area contributed by atoms with Gasteiger partial charge in [-0.15, -0.1) is 0 Å². The molecule has 3 N–H and O–H groups in total. The van der Waals surface area contributed by atoms with E-state index in [0.29, 0.717) is 36.6 Å². The number of amides is 3. The fraction of sp³-hybridized carbons (Fsp3) is 0.630. The maximum absolute atomic E-state index is 13.2. The van der Waals surface area contributed by atoms with E-state index in [1.807, 2.05) is 32.0 Å². The quantitative estimate of drug-likeness (QED) is 0.384. The maximum atomic E-state index is 13.2. The summed E-state index contributed by atoms with van der Waals surface area (Å²) in [7, 11) is 0. The van der Waals surface area contributed by atoms with E-state index in [0.717, 1.165) is 31.2 Å². The molecule has 36 heavy (non-hydrogen) atoms. The van der Waals surface area contributed by atoms with Crippen molar-refractivity contribution in [1.29, 1.82) is 0 Å². The van der Waals surface area contributed by atoms with Crippen LogP contribution in [0.3, 0.4) is 0 Å². The number of benzene rings is 1. The fourth-order valence-corrected chi connectivity index (χ4v) is 5.21. The number of nitrogens with one attached hydrogen (secondary N) is 3. The highest BCUT2D eigenvalue weighted by atomic mass is 35.5. The molecule has 2 aliphatic rings. The van der Waals surface area contributed by atoms with E-state index < -0.39 is 29.5 Å². The van der Waals surface area contributed by atoms with Crippen molar-refractivity contribution in [2.24, 2.45) is 11.8 Å². The highest BCUT2D eigenvalue weighted by molar-refractivity contribution is 6.30. The summed E-state index contributed by atoms with van der Waals surface area (Å²) in [6.45, 7) is 4.58. The summed E-state index contributed by atoms with van der Waals surface area (Å²) in [4.78, 5) is 49.5. The lowest BCUT2D eigenvalue weighted by molar-refractivity contribution is -0.127. The smallest absolute Gasteiger partial charge is 0.407 e. The lowest BCUT2D eigenvalue weighted by Gasteiger charge is -2.28. The van der Waals surface area contributed by atoms with Gasteiger partial charge in [-0.1, -0.05) is 69.7 Å². The Bertz CT molecular complexity index is 932. The first-order chi connectivity index (χ1) is 17.2. The van der Waals surface area contributed by atoms with Gasteiger partial charge in [-0.3, -0.25) is 9.59 Å². The average Bonchev–Trinajstić information content (AvgIpc) is 3.26. The summed E-state index contributed by atoms with van der Waals surface area (Å²) >= 11 is 6.11. The number of hydrogen-bond acceptors (Lipinski definition) is 5. The Morgan fingerprint density at radius 2 is 1.92 bits per heavy atom. The Balaban J connectivity index is 1.61. The number of aldehydes is 1. The number of hydrogen-bond donors (Lipinski definition) is 3. The number of carbonyl (C=O) groups is 4. The predicted octanol–water partition coefficient (Wildman–Crippen LogP) is 3.89. The molecule has 0 aromatic heterocycles. The molecule has 1 saturated carbocycles. The molecular formula is C27H38ClN3O5. The summed E-state index contributed by atoms with van der Waals surface area (Å²) in [5.41, 5.74) is 0.456. The number of ether oxygens (including phenoxy) is 1. The average molecular weight is 520 g/mol. The molecule has 1 aromatic rings. The van der Waals surface area contributed by atoms with Crippen LogP contribution in [0.25, 0.3) is 0 Å². The molecule has 3 atom stereocenters. The van der Waals surface area contributed by atoms with E-state index in [-0.39, 0.29) is 24.9 Å². The van der Waals surface area contributed by atoms with Gasteiger partial charge in [0.2, 0.25) is 11.8 Å². The van der Waals surface area contributed by atoms with Crippen LogP contribution < -0.4 is 16.0 Å². The van der Waals surface area contributed by atoms with Crippen LogP contribution >= 0.6 is 11.6 Å². The molecule has 9 heteroatoms. The summed E-state index contributed by atoms with van der Waals surface area (Å²) in [6.07, 6.45) is 6.73. The Hall–Kier alpha value is -2.61. The largest absolute Gasteiger partial charge is 0.449 e. The van der Waals surface area contributed by atoms with Crippen molar-refractivity contribution in [2.75, 3.05) is 13.2 Å². The summed E-state index contributed by atoms with van der Waals surface area (Å²) in [5, 5.41) is 8.83. The van der Waals surface area contributed by atoms with Gasteiger partial charge < -0.3 is 25.5 Å². The van der Waals surface area contributed by atoms with Gasteiger partial charge >= 0.3 is 6.09 Å². The topological polar surface area (TPSA) is 114 Å². The number of rotatable bonds is 11. The van der Waals surface area contributed by atoms with Crippen molar-refractivity contribution in [3.8, 4) is 0 Å². The van der Waals surface area contributed by atoms with Crippen molar-refractivity contribution < 1.29 is 23.9 Å². The SMILES string of the molecule is CC(C)(COC(=O)N[C@@H](CC1CCCCC1)C(=O)N[C@H](C=O)C[C@@H]1CCNC1=O)c1cccc(Cl)c1.